The second-order valence-corrected chi connectivity index (χ2v) is 7.16. The Kier molecular flexibility index (Phi) is 6.59. The van der Waals surface area contributed by atoms with Crippen molar-refractivity contribution in [2.45, 2.75) is 58.3 Å². The van der Waals surface area contributed by atoms with Crippen molar-refractivity contribution in [1.29, 1.82) is 0 Å². The number of aryl methyl sites for hydroxylation is 3. The minimum Gasteiger partial charge on any atom is -0.368 e. The standard InChI is InChI=1S/C23H29N3/c1-18-11-10-13-19(17-18)12-6-4-2-3-5-7-15-21-20-14-8-9-16-22(20)26-23(24)25-21/h8-11,13-14,16-17H,2-7,12,15H2,1H3,(H2,24,25,26). The van der Waals surface area contributed by atoms with E-state index in [9.17, 15) is 0 Å². The van der Waals surface area contributed by atoms with Crippen molar-refractivity contribution in [3.8, 4) is 0 Å². The molecule has 0 amide bonds. The highest BCUT2D eigenvalue weighted by Gasteiger charge is 2.05. The summed E-state index contributed by atoms with van der Waals surface area (Å²) in [6.45, 7) is 2.16. The van der Waals surface area contributed by atoms with Crippen LogP contribution in [-0.2, 0) is 12.8 Å². The summed E-state index contributed by atoms with van der Waals surface area (Å²) < 4.78 is 0. The molecule has 0 atom stereocenters. The first kappa shape index (κ1) is 18.4. The summed E-state index contributed by atoms with van der Waals surface area (Å²) in [6.07, 6.45) is 9.82. The van der Waals surface area contributed by atoms with Gasteiger partial charge in [-0.25, -0.2) is 9.97 Å². The number of anilines is 1. The van der Waals surface area contributed by atoms with Crippen LogP contribution in [0.2, 0.25) is 0 Å². The van der Waals surface area contributed by atoms with Crippen LogP contribution < -0.4 is 5.73 Å². The molecule has 0 unspecified atom stereocenters. The minimum absolute atomic E-state index is 0.384. The van der Waals surface area contributed by atoms with E-state index in [1.165, 1.54) is 56.1 Å². The summed E-state index contributed by atoms with van der Waals surface area (Å²) >= 11 is 0. The van der Waals surface area contributed by atoms with Crippen molar-refractivity contribution in [3.05, 3.63) is 65.4 Å². The van der Waals surface area contributed by atoms with Gasteiger partial charge < -0.3 is 5.73 Å². The molecule has 0 spiro atoms. The molecule has 26 heavy (non-hydrogen) atoms. The summed E-state index contributed by atoms with van der Waals surface area (Å²) in [4.78, 5) is 8.77. The average Bonchev–Trinajstić information content (AvgIpc) is 2.63. The fraction of sp³-hybridized carbons (Fsp3) is 0.391. The Hall–Kier alpha value is -2.42. The highest BCUT2D eigenvalue weighted by Crippen LogP contribution is 2.19. The zero-order chi connectivity index (χ0) is 18.2. The lowest BCUT2D eigenvalue weighted by molar-refractivity contribution is 0.592. The van der Waals surface area contributed by atoms with E-state index in [2.05, 4.69) is 47.2 Å². The molecule has 0 aliphatic rings. The molecule has 3 aromatic rings. The van der Waals surface area contributed by atoms with Gasteiger partial charge in [0.25, 0.3) is 0 Å². The van der Waals surface area contributed by atoms with E-state index in [0.29, 0.717) is 5.95 Å². The summed E-state index contributed by atoms with van der Waals surface area (Å²) in [7, 11) is 0. The Balaban J connectivity index is 1.35. The number of aromatic nitrogens is 2. The highest BCUT2D eigenvalue weighted by molar-refractivity contribution is 5.81. The number of nitrogens with two attached hydrogens (primary N) is 1. The maximum Gasteiger partial charge on any atom is 0.220 e. The van der Waals surface area contributed by atoms with E-state index in [0.717, 1.165) is 23.0 Å². The number of rotatable bonds is 9. The van der Waals surface area contributed by atoms with Gasteiger partial charge in [0.2, 0.25) is 5.95 Å². The van der Waals surface area contributed by atoms with Crippen LogP contribution in [0.4, 0.5) is 5.95 Å². The summed E-state index contributed by atoms with van der Waals surface area (Å²) in [6, 6.07) is 17.0. The number of hydrogen-bond acceptors (Lipinski definition) is 3. The van der Waals surface area contributed by atoms with Crippen molar-refractivity contribution in [2.24, 2.45) is 0 Å². The molecule has 1 aromatic heterocycles. The number of fused-ring (bicyclic) bond motifs is 1. The van der Waals surface area contributed by atoms with E-state index >= 15 is 0 Å². The topological polar surface area (TPSA) is 51.8 Å². The monoisotopic (exact) mass is 347 g/mol. The van der Waals surface area contributed by atoms with E-state index in [-0.39, 0.29) is 0 Å². The Morgan fingerprint density at radius 2 is 1.50 bits per heavy atom. The first-order chi connectivity index (χ1) is 12.7. The number of benzene rings is 2. The SMILES string of the molecule is Cc1cccc(CCCCCCCCc2nc(N)nc3ccccc23)c1. The van der Waals surface area contributed by atoms with Crippen molar-refractivity contribution in [1.82, 2.24) is 9.97 Å². The number of nitrogen functional groups attached to an aromatic ring is 1. The highest BCUT2D eigenvalue weighted by atomic mass is 15.0. The van der Waals surface area contributed by atoms with Crippen LogP contribution in [0.15, 0.2) is 48.5 Å². The van der Waals surface area contributed by atoms with Gasteiger partial charge in [-0.1, -0.05) is 73.7 Å². The number of para-hydroxylation sites is 1. The number of hydrogen-bond donors (Lipinski definition) is 1. The molecule has 3 rings (SSSR count). The fourth-order valence-corrected chi connectivity index (χ4v) is 3.55. The molecule has 2 N–H and O–H groups in total. The Morgan fingerprint density at radius 3 is 2.31 bits per heavy atom. The predicted octanol–water partition coefficient (Wildman–Crippen LogP) is 5.65. The third-order valence-electron chi connectivity index (χ3n) is 4.91. The van der Waals surface area contributed by atoms with Gasteiger partial charge in [0.05, 0.1) is 11.2 Å². The molecule has 0 fully saturated rings. The summed E-state index contributed by atoms with van der Waals surface area (Å²) in [5.74, 6) is 0.384. The maximum absolute atomic E-state index is 5.84. The van der Waals surface area contributed by atoms with E-state index in [1.54, 1.807) is 0 Å². The number of nitrogens with zero attached hydrogens (tertiary/aromatic N) is 2. The Bertz CT molecular complexity index is 842. The average molecular weight is 348 g/mol. The molecule has 2 aromatic carbocycles. The van der Waals surface area contributed by atoms with E-state index in [4.69, 9.17) is 5.73 Å². The van der Waals surface area contributed by atoms with Crippen LogP contribution in [0, 0.1) is 6.92 Å². The van der Waals surface area contributed by atoms with Crippen molar-refractivity contribution in [2.75, 3.05) is 5.73 Å². The van der Waals surface area contributed by atoms with Gasteiger partial charge in [0.1, 0.15) is 0 Å². The molecular weight excluding hydrogens is 318 g/mol. The van der Waals surface area contributed by atoms with Gasteiger partial charge in [-0.2, -0.15) is 0 Å². The summed E-state index contributed by atoms with van der Waals surface area (Å²) in [5.41, 5.74) is 10.7. The molecule has 3 nitrogen and oxygen atoms in total. The third kappa shape index (κ3) is 5.29. The molecular formula is C23H29N3. The molecule has 3 heteroatoms. The van der Waals surface area contributed by atoms with Crippen molar-refractivity contribution >= 4 is 16.9 Å². The lowest BCUT2D eigenvalue weighted by Gasteiger charge is -2.07. The van der Waals surface area contributed by atoms with Crippen molar-refractivity contribution < 1.29 is 0 Å². The van der Waals surface area contributed by atoms with Crippen LogP contribution in [0.3, 0.4) is 0 Å². The van der Waals surface area contributed by atoms with Crippen LogP contribution in [0.1, 0.15) is 55.3 Å². The molecule has 0 saturated heterocycles. The molecule has 0 aliphatic carbocycles. The maximum atomic E-state index is 5.84. The first-order valence-corrected chi connectivity index (χ1v) is 9.79. The quantitative estimate of drug-likeness (QED) is 0.509. The van der Waals surface area contributed by atoms with Crippen LogP contribution in [0.25, 0.3) is 10.9 Å². The minimum atomic E-state index is 0.384. The molecule has 0 aliphatic heterocycles. The van der Waals surface area contributed by atoms with Gasteiger partial charge in [0.15, 0.2) is 0 Å². The van der Waals surface area contributed by atoms with Gasteiger partial charge in [-0.15, -0.1) is 0 Å². The van der Waals surface area contributed by atoms with Gasteiger partial charge in [-0.3, -0.25) is 0 Å². The molecule has 0 radical (unpaired) electrons. The van der Waals surface area contributed by atoms with Crippen LogP contribution >= 0.6 is 0 Å². The normalized spacial score (nSPS) is 11.1. The zero-order valence-electron chi connectivity index (χ0n) is 15.7. The van der Waals surface area contributed by atoms with Gasteiger partial charge >= 0.3 is 0 Å². The molecule has 1 heterocycles. The first-order valence-electron chi connectivity index (χ1n) is 9.79. The predicted molar refractivity (Wildman–Crippen MR) is 110 cm³/mol. The third-order valence-corrected chi connectivity index (χ3v) is 4.91. The van der Waals surface area contributed by atoms with E-state index < -0.39 is 0 Å². The lowest BCUT2D eigenvalue weighted by atomic mass is 10.0. The second kappa shape index (κ2) is 9.33. The smallest absolute Gasteiger partial charge is 0.220 e. The van der Waals surface area contributed by atoms with Crippen LogP contribution in [0.5, 0.6) is 0 Å². The molecule has 136 valence electrons. The van der Waals surface area contributed by atoms with Gasteiger partial charge in [0, 0.05) is 5.39 Å². The van der Waals surface area contributed by atoms with E-state index in [1.807, 2.05) is 18.2 Å². The molecule has 0 bridgehead atoms. The van der Waals surface area contributed by atoms with Crippen LogP contribution in [-0.4, -0.2) is 9.97 Å². The Labute approximate surface area is 156 Å². The molecule has 0 saturated carbocycles. The largest absolute Gasteiger partial charge is 0.368 e. The Morgan fingerprint density at radius 1 is 0.769 bits per heavy atom. The second-order valence-electron chi connectivity index (χ2n) is 7.16. The fourth-order valence-electron chi connectivity index (χ4n) is 3.55. The van der Waals surface area contributed by atoms with Crippen molar-refractivity contribution in [3.63, 3.8) is 0 Å². The number of unbranched alkanes of at least 4 members (excludes halogenated alkanes) is 5. The zero-order valence-corrected chi connectivity index (χ0v) is 15.7. The summed E-state index contributed by atoms with van der Waals surface area (Å²) in [5, 5.41) is 1.14. The van der Waals surface area contributed by atoms with Gasteiger partial charge in [-0.05, 0) is 44.2 Å². The lowest BCUT2D eigenvalue weighted by Crippen LogP contribution is -2.01.